The van der Waals surface area contributed by atoms with Crippen LogP contribution in [-0.2, 0) is 22.6 Å². The van der Waals surface area contributed by atoms with Gasteiger partial charge in [-0.15, -0.1) is 0 Å². The minimum absolute atomic E-state index is 0.0428. The van der Waals surface area contributed by atoms with E-state index < -0.39 is 11.6 Å². The van der Waals surface area contributed by atoms with Gasteiger partial charge in [0.25, 0.3) is 0 Å². The van der Waals surface area contributed by atoms with Crippen LogP contribution in [0.4, 0.5) is 0 Å². The molecule has 2 fully saturated rings. The van der Waals surface area contributed by atoms with Crippen molar-refractivity contribution in [3.8, 4) is 0 Å². The molecule has 0 bridgehead atoms. The fourth-order valence-electron chi connectivity index (χ4n) is 3.91. The summed E-state index contributed by atoms with van der Waals surface area (Å²) in [6, 6.07) is 19.3. The fraction of sp³-hybridized carbons (Fsp3) is 0.364. The molecule has 2 aliphatic rings. The van der Waals surface area contributed by atoms with Gasteiger partial charge in [-0.05, 0) is 36.8 Å². The molecule has 1 N–H and O–H groups in total. The minimum atomic E-state index is -0.765. The van der Waals surface area contributed by atoms with Crippen molar-refractivity contribution < 1.29 is 9.59 Å². The largest absolute Gasteiger partial charge is 0.340 e. The van der Waals surface area contributed by atoms with Crippen molar-refractivity contribution >= 4 is 11.8 Å². The van der Waals surface area contributed by atoms with Gasteiger partial charge < -0.3 is 10.2 Å². The van der Waals surface area contributed by atoms with Gasteiger partial charge in [0, 0.05) is 13.0 Å². The van der Waals surface area contributed by atoms with E-state index in [1.54, 1.807) is 4.90 Å². The molecule has 0 radical (unpaired) electrons. The molecular weight excluding hydrogens is 324 g/mol. The monoisotopic (exact) mass is 348 g/mol. The number of carbonyl (C=O) groups is 2. The summed E-state index contributed by atoms with van der Waals surface area (Å²) in [5.41, 5.74) is 1.35. The lowest BCUT2D eigenvalue weighted by Gasteiger charge is -2.45. The highest BCUT2D eigenvalue weighted by molar-refractivity contribution is 6.00. The van der Waals surface area contributed by atoms with Crippen molar-refractivity contribution in [2.75, 3.05) is 0 Å². The number of nitrogens with one attached hydrogen (secondary N) is 1. The van der Waals surface area contributed by atoms with Gasteiger partial charge in [0.1, 0.15) is 11.6 Å². The maximum atomic E-state index is 13.4. The first-order chi connectivity index (χ1) is 12.6. The van der Waals surface area contributed by atoms with Gasteiger partial charge in [-0.3, -0.25) is 9.59 Å². The van der Waals surface area contributed by atoms with E-state index in [2.05, 4.69) is 5.32 Å². The lowest BCUT2D eigenvalue weighted by Crippen LogP contribution is -2.70. The summed E-state index contributed by atoms with van der Waals surface area (Å²) in [6.45, 7) is 2.36. The molecule has 4 nitrogen and oxygen atoms in total. The number of amides is 2. The first-order valence-electron chi connectivity index (χ1n) is 9.29. The van der Waals surface area contributed by atoms with E-state index in [1.807, 2.05) is 67.6 Å². The van der Waals surface area contributed by atoms with Gasteiger partial charge in [0.05, 0.1) is 0 Å². The molecule has 1 aliphatic carbocycles. The molecule has 0 aromatic heterocycles. The number of rotatable bonds is 5. The third-order valence-corrected chi connectivity index (χ3v) is 5.63. The summed E-state index contributed by atoms with van der Waals surface area (Å²) in [6.07, 6.45) is 2.54. The van der Waals surface area contributed by atoms with Gasteiger partial charge in [-0.2, -0.15) is 0 Å². The molecule has 4 heteroatoms. The molecule has 1 heterocycles. The maximum absolute atomic E-state index is 13.4. The lowest BCUT2D eigenvalue weighted by molar-refractivity contribution is -0.156. The van der Waals surface area contributed by atoms with E-state index in [1.165, 1.54) is 0 Å². The van der Waals surface area contributed by atoms with Crippen LogP contribution >= 0.6 is 0 Å². The lowest BCUT2D eigenvalue weighted by atomic mass is 9.87. The second-order valence-electron chi connectivity index (χ2n) is 7.59. The van der Waals surface area contributed by atoms with Crippen LogP contribution in [0.3, 0.4) is 0 Å². The third kappa shape index (κ3) is 3.12. The first kappa shape index (κ1) is 16.8. The Bertz CT molecular complexity index is 801. The molecule has 1 aliphatic heterocycles. The van der Waals surface area contributed by atoms with Crippen LogP contribution in [0.25, 0.3) is 0 Å². The predicted octanol–water partition coefficient (Wildman–Crippen LogP) is 2.93. The van der Waals surface area contributed by atoms with Crippen LogP contribution in [0.2, 0.25) is 0 Å². The molecule has 134 valence electrons. The van der Waals surface area contributed by atoms with E-state index in [9.17, 15) is 9.59 Å². The first-order valence-corrected chi connectivity index (χ1v) is 9.29. The Labute approximate surface area is 154 Å². The number of nitrogens with zero attached hydrogens (tertiary/aromatic N) is 1. The quantitative estimate of drug-likeness (QED) is 0.903. The second kappa shape index (κ2) is 6.60. The van der Waals surface area contributed by atoms with Crippen LogP contribution in [0, 0.1) is 5.92 Å². The smallest absolute Gasteiger partial charge is 0.249 e. The molecular formula is C22H24N2O2. The highest BCUT2D eigenvalue weighted by Gasteiger charge is 2.55. The molecule has 0 spiro atoms. The van der Waals surface area contributed by atoms with Gasteiger partial charge in [-0.1, -0.05) is 60.7 Å². The van der Waals surface area contributed by atoms with Crippen molar-refractivity contribution in [2.24, 2.45) is 5.92 Å². The SMILES string of the molecule is CC1(C2CC2)NC(=O)C(Cc2ccccc2)N(Cc2ccccc2)C1=O. The van der Waals surface area contributed by atoms with Crippen molar-refractivity contribution in [1.82, 2.24) is 10.2 Å². The fourth-order valence-corrected chi connectivity index (χ4v) is 3.91. The molecule has 26 heavy (non-hydrogen) atoms. The Morgan fingerprint density at radius 3 is 2.12 bits per heavy atom. The summed E-state index contributed by atoms with van der Waals surface area (Å²) in [5.74, 6) is 0.262. The van der Waals surface area contributed by atoms with Crippen LogP contribution in [0.1, 0.15) is 30.9 Å². The summed E-state index contributed by atoms with van der Waals surface area (Å²) in [4.78, 5) is 28.2. The molecule has 2 unspecified atom stereocenters. The Morgan fingerprint density at radius 1 is 0.962 bits per heavy atom. The normalized spacial score (nSPS) is 25.9. The van der Waals surface area contributed by atoms with Crippen molar-refractivity contribution in [2.45, 2.75) is 44.3 Å². The van der Waals surface area contributed by atoms with Crippen molar-refractivity contribution in [1.29, 1.82) is 0 Å². The third-order valence-electron chi connectivity index (χ3n) is 5.63. The number of hydrogen-bond donors (Lipinski definition) is 1. The minimum Gasteiger partial charge on any atom is -0.340 e. The average Bonchev–Trinajstić information content (AvgIpc) is 3.50. The summed E-state index contributed by atoms with van der Waals surface area (Å²) in [5, 5.41) is 3.06. The van der Waals surface area contributed by atoms with Crippen LogP contribution in [-0.4, -0.2) is 28.3 Å². The van der Waals surface area contributed by atoms with Gasteiger partial charge >= 0.3 is 0 Å². The zero-order valence-corrected chi connectivity index (χ0v) is 15.0. The molecule has 2 amide bonds. The van der Waals surface area contributed by atoms with E-state index in [0.717, 1.165) is 24.0 Å². The number of benzene rings is 2. The van der Waals surface area contributed by atoms with E-state index >= 15 is 0 Å². The molecule has 2 aromatic rings. The van der Waals surface area contributed by atoms with E-state index in [4.69, 9.17) is 0 Å². The summed E-state index contributed by atoms with van der Waals surface area (Å²) >= 11 is 0. The number of carbonyl (C=O) groups excluding carboxylic acids is 2. The molecule has 4 rings (SSSR count). The van der Waals surface area contributed by atoms with E-state index in [-0.39, 0.29) is 17.7 Å². The van der Waals surface area contributed by atoms with Crippen LogP contribution in [0.5, 0.6) is 0 Å². The van der Waals surface area contributed by atoms with Crippen LogP contribution in [0.15, 0.2) is 60.7 Å². The molecule has 1 saturated heterocycles. The Balaban J connectivity index is 1.65. The average molecular weight is 348 g/mol. The highest BCUT2D eigenvalue weighted by atomic mass is 16.2. The topological polar surface area (TPSA) is 49.4 Å². The van der Waals surface area contributed by atoms with Gasteiger partial charge in [0.2, 0.25) is 11.8 Å². The Hall–Kier alpha value is -2.62. The Morgan fingerprint density at radius 2 is 1.54 bits per heavy atom. The summed E-state index contributed by atoms with van der Waals surface area (Å²) in [7, 11) is 0. The summed E-state index contributed by atoms with van der Waals surface area (Å²) < 4.78 is 0. The second-order valence-corrected chi connectivity index (χ2v) is 7.59. The van der Waals surface area contributed by atoms with Crippen molar-refractivity contribution in [3.05, 3.63) is 71.8 Å². The number of piperazine rings is 1. The van der Waals surface area contributed by atoms with E-state index in [0.29, 0.717) is 13.0 Å². The zero-order valence-electron chi connectivity index (χ0n) is 15.0. The maximum Gasteiger partial charge on any atom is 0.249 e. The zero-order chi connectivity index (χ0) is 18.1. The predicted molar refractivity (Wildman–Crippen MR) is 100 cm³/mol. The molecule has 2 atom stereocenters. The van der Waals surface area contributed by atoms with Crippen LogP contribution < -0.4 is 5.32 Å². The molecule has 2 aromatic carbocycles. The standard InChI is InChI=1S/C22H24N2O2/c1-22(18-12-13-18)21(26)24(15-17-10-6-3-7-11-17)19(20(25)23-22)14-16-8-4-2-5-9-16/h2-11,18-19H,12-15H2,1H3,(H,23,25). The highest BCUT2D eigenvalue weighted by Crippen LogP contribution is 2.42. The van der Waals surface area contributed by atoms with Gasteiger partial charge in [-0.25, -0.2) is 0 Å². The molecule has 1 saturated carbocycles. The Kier molecular flexibility index (Phi) is 4.27. The number of hydrogen-bond acceptors (Lipinski definition) is 2. The van der Waals surface area contributed by atoms with Gasteiger partial charge in [0.15, 0.2) is 0 Å². The van der Waals surface area contributed by atoms with Crippen molar-refractivity contribution in [3.63, 3.8) is 0 Å².